The summed E-state index contributed by atoms with van der Waals surface area (Å²) in [5, 5.41) is 6.00. The van der Waals surface area contributed by atoms with Crippen LogP contribution in [-0.4, -0.2) is 26.2 Å². The van der Waals surface area contributed by atoms with Gasteiger partial charge in [-0.25, -0.2) is 0 Å². The van der Waals surface area contributed by atoms with E-state index in [9.17, 15) is 9.59 Å². The first-order chi connectivity index (χ1) is 17.5. The molecule has 0 heterocycles. The number of hydrogen-bond donors (Lipinski definition) is 2. The highest BCUT2D eigenvalue weighted by Crippen LogP contribution is 2.41. The van der Waals surface area contributed by atoms with Gasteiger partial charge in [0.15, 0.2) is 0 Å². The zero-order valence-corrected chi connectivity index (χ0v) is 21.5. The third kappa shape index (κ3) is 7.84. The minimum absolute atomic E-state index is 0.124. The van der Waals surface area contributed by atoms with Crippen molar-refractivity contribution in [3.8, 4) is 0 Å². The zero-order valence-electron chi connectivity index (χ0n) is 21.5. The molecule has 2 N–H and O–H groups in total. The molecule has 2 aromatic rings. The van der Waals surface area contributed by atoms with Gasteiger partial charge >= 0.3 is 0 Å². The van der Waals surface area contributed by atoms with Crippen LogP contribution >= 0.6 is 0 Å². The normalized spacial score (nSPS) is 24.4. The average molecular weight is 482 g/mol. The van der Waals surface area contributed by atoms with Crippen LogP contribution in [0.3, 0.4) is 0 Å². The predicted molar refractivity (Wildman–Crippen MR) is 149 cm³/mol. The number of carbonyl (C=O) groups excluding carboxylic acids is 2. The molecule has 0 saturated heterocycles. The van der Waals surface area contributed by atoms with Gasteiger partial charge in [-0.1, -0.05) is 61.6 Å². The van der Waals surface area contributed by atoms with Gasteiger partial charge in [0.25, 0.3) is 0 Å². The summed E-state index contributed by atoms with van der Waals surface area (Å²) in [5.74, 6) is 2.75. The van der Waals surface area contributed by atoms with Crippen molar-refractivity contribution >= 4 is 36.9 Å². The fourth-order valence-electron chi connectivity index (χ4n) is 5.78. The first kappa shape index (κ1) is 26.3. The Bertz CT molecular complexity index is 1020. The van der Waals surface area contributed by atoms with Gasteiger partial charge in [-0.05, 0) is 92.0 Å². The maximum Gasteiger partial charge on any atom is 0.244 e. The summed E-state index contributed by atoms with van der Waals surface area (Å²) in [6.07, 6.45) is 14.0. The van der Waals surface area contributed by atoms with Crippen LogP contribution in [0.15, 0.2) is 54.6 Å². The van der Waals surface area contributed by atoms with E-state index < -0.39 is 0 Å². The van der Waals surface area contributed by atoms with E-state index in [1.165, 1.54) is 38.5 Å². The van der Waals surface area contributed by atoms with Gasteiger partial charge in [-0.3, -0.25) is 9.59 Å². The maximum absolute atomic E-state index is 12.8. The summed E-state index contributed by atoms with van der Waals surface area (Å²) in [4.78, 5) is 24.9. The molecular formula is C31H39BN2O2. The molecule has 2 aliphatic rings. The van der Waals surface area contributed by atoms with Crippen LogP contribution in [0.2, 0.25) is 0 Å². The summed E-state index contributed by atoms with van der Waals surface area (Å²) in [6, 6.07) is 15.3. The summed E-state index contributed by atoms with van der Waals surface area (Å²) in [7, 11) is 5.70. The molecule has 5 heteroatoms. The number of rotatable bonds is 8. The summed E-state index contributed by atoms with van der Waals surface area (Å²) in [6.45, 7) is 2.95. The van der Waals surface area contributed by atoms with Crippen molar-refractivity contribution in [1.82, 2.24) is 5.32 Å². The molecule has 2 aliphatic carbocycles. The smallest absolute Gasteiger partial charge is 0.244 e. The second-order valence-corrected chi connectivity index (χ2v) is 10.9. The molecule has 0 atom stereocenters. The predicted octanol–water partition coefficient (Wildman–Crippen LogP) is 5.42. The van der Waals surface area contributed by atoms with Crippen LogP contribution in [-0.2, 0) is 16.0 Å². The summed E-state index contributed by atoms with van der Waals surface area (Å²) >= 11 is 0. The molecule has 2 radical (unpaired) electrons. The van der Waals surface area contributed by atoms with Gasteiger partial charge in [0.2, 0.25) is 11.8 Å². The van der Waals surface area contributed by atoms with Crippen molar-refractivity contribution in [2.45, 2.75) is 64.7 Å². The van der Waals surface area contributed by atoms with E-state index in [1.807, 2.05) is 48.5 Å². The number of anilines is 1. The van der Waals surface area contributed by atoms with E-state index >= 15 is 0 Å². The lowest BCUT2D eigenvalue weighted by Crippen LogP contribution is -2.30. The molecule has 4 nitrogen and oxygen atoms in total. The minimum atomic E-state index is -0.124. The lowest BCUT2D eigenvalue weighted by molar-refractivity contribution is -0.121. The summed E-state index contributed by atoms with van der Waals surface area (Å²) in [5.41, 5.74) is 3.61. The molecular weight excluding hydrogens is 443 g/mol. The van der Waals surface area contributed by atoms with E-state index in [4.69, 9.17) is 7.85 Å². The zero-order chi connectivity index (χ0) is 25.3. The van der Waals surface area contributed by atoms with Crippen molar-refractivity contribution in [3.63, 3.8) is 0 Å². The monoisotopic (exact) mass is 482 g/mol. The number of hydrogen-bond acceptors (Lipinski definition) is 2. The van der Waals surface area contributed by atoms with Crippen LogP contribution in [0.1, 0.15) is 69.4 Å². The highest BCUT2D eigenvalue weighted by molar-refractivity contribution is 6.32. The van der Waals surface area contributed by atoms with Crippen molar-refractivity contribution in [2.24, 2.45) is 23.7 Å². The van der Waals surface area contributed by atoms with E-state index in [2.05, 4.69) is 17.6 Å². The number of carbonyl (C=O) groups is 2. The summed E-state index contributed by atoms with van der Waals surface area (Å²) < 4.78 is 0. The number of benzene rings is 2. The Balaban J connectivity index is 1.16. The van der Waals surface area contributed by atoms with Crippen molar-refractivity contribution in [1.29, 1.82) is 0 Å². The van der Waals surface area contributed by atoms with E-state index in [0.717, 1.165) is 59.3 Å². The molecule has 188 valence electrons. The molecule has 2 amide bonds. The number of amides is 2. The van der Waals surface area contributed by atoms with Crippen LogP contribution in [0.25, 0.3) is 6.08 Å². The quantitative estimate of drug-likeness (QED) is 0.390. The molecule has 0 unspecified atom stereocenters. The third-order valence-electron chi connectivity index (χ3n) is 8.17. The van der Waals surface area contributed by atoms with Gasteiger partial charge in [-0.15, -0.1) is 0 Å². The van der Waals surface area contributed by atoms with Gasteiger partial charge in [0.05, 0.1) is 0 Å². The first-order valence-electron chi connectivity index (χ1n) is 13.7. The lowest BCUT2D eigenvalue weighted by Gasteiger charge is -2.36. The Hall–Kier alpha value is -2.82. The molecule has 2 saturated carbocycles. The van der Waals surface area contributed by atoms with E-state index in [-0.39, 0.29) is 17.7 Å². The van der Waals surface area contributed by atoms with Gasteiger partial charge in [-0.2, -0.15) is 0 Å². The molecule has 2 fully saturated rings. The van der Waals surface area contributed by atoms with Crippen molar-refractivity contribution in [3.05, 3.63) is 65.7 Å². The first-order valence-corrected chi connectivity index (χ1v) is 13.7. The Kier molecular flexibility index (Phi) is 9.44. The third-order valence-corrected chi connectivity index (χ3v) is 8.17. The van der Waals surface area contributed by atoms with Crippen molar-refractivity contribution < 1.29 is 9.59 Å². The largest absolute Gasteiger partial charge is 0.352 e. The highest BCUT2D eigenvalue weighted by atomic mass is 16.2. The van der Waals surface area contributed by atoms with Gasteiger partial charge in [0, 0.05) is 24.2 Å². The molecule has 0 spiro atoms. The fourth-order valence-corrected chi connectivity index (χ4v) is 5.78. The second kappa shape index (κ2) is 12.9. The second-order valence-electron chi connectivity index (χ2n) is 10.9. The SMILES string of the molecule is [B]c1ccc(CCNC(=O)/C=C/c2ccc(NC(=O)C3CCC(C4CCC(C)CC4)CC3)cc2)cc1. The van der Waals surface area contributed by atoms with Crippen LogP contribution in [0, 0.1) is 23.7 Å². The molecule has 4 rings (SSSR count). The van der Waals surface area contributed by atoms with Gasteiger partial charge in [0.1, 0.15) is 7.85 Å². The maximum atomic E-state index is 12.8. The minimum Gasteiger partial charge on any atom is -0.352 e. The molecule has 0 bridgehead atoms. The van der Waals surface area contributed by atoms with E-state index in [1.54, 1.807) is 12.2 Å². The topological polar surface area (TPSA) is 58.2 Å². The molecule has 36 heavy (non-hydrogen) atoms. The molecule has 0 aromatic heterocycles. The van der Waals surface area contributed by atoms with Crippen molar-refractivity contribution in [2.75, 3.05) is 11.9 Å². The average Bonchev–Trinajstić information content (AvgIpc) is 2.90. The Morgan fingerprint density at radius 2 is 1.47 bits per heavy atom. The van der Waals surface area contributed by atoms with E-state index in [0.29, 0.717) is 6.54 Å². The lowest BCUT2D eigenvalue weighted by atomic mass is 9.69. The fraction of sp³-hybridized carbons (Fsp3) is 0.484. The van der Waals surface area contributed by atoms with Gasteiger partial charge < -0.3 is 10.6 Å². The standard InChI is InChI=1S/C31H39BN2O2/c1-22-2-9-25(10-3-22)26-11-13-27(14-12-26)31(36)34-29-17-6-23(7-18-29)8-19-30(35)33-21-20-24-4-15-28(32)16-5-24/h4-8,15-19,22,25-27H,2-3,9-14,20-21H2,1H3,(H,33,35)(H,34,36)/b19-8+. The van der Waals surface area contributed by atoms with Crippen LogP contribution in [0.5, 0.6) is 0 Å². The Morgan fingerprint density at radius 1 is 0.861 bits per heavy atom. The highest BCUT2D eigenvalue weighted by Gasteiger charge is 2.32. The molecule has 0 aliphatic heterocycles. The number of nitrogens with one attached hydrogen (secondary N) is 2. The Morgan fingerprint density at radius 3 is 2.11 bits per heavy atom. The van der Waals surface area contributed by atoms with Crippen LogP contribution in [0.4, 0.5) is 5.69 Å². The molecule has 2 aromatic carbocycles. The van der Waals surface area contributed by atoms with Crippen LogP contribution < -0.4 is 16.1 Å². The Labute approximate surface area is 217 Å².